The number of amides is 4. The highest BCUT2D eigenvalue weighted by molar-refractivity contribution is 7.09. The summed E-state index contributed by atoms with van der Waals surface area (Å²) in [6.45, 7) is 14.8. The third-order valence-electron chi connectivity index (χ3n) is 12.5. The van der Waals surface area contributed by atoms with Crippen LogP contribution in [0.2, 0.25) is 0 Å². The molecule has 4 N–H and O–H groups in total. The van der Waals surface area contributed by atoms with Crippen molar-refractivity contribution in [1.29, 1.82) is 0 Å². The van der Waals surface area contributed by atoms with Crippen molar-refractivity contribution in [3.63, 3.8) is 0 Å². The Labute approximate surface area is 373 Å². The van der Waals surface area contributed by atoms with Gasteiger partial charge < -0.3 is 35.6 Å². The second-order valence-corrected chi connectivity index (χ2v) is 18.6. The maximum Gasteiger partial charge on any atom is 0.245 e. The molecule has 4 amide bonds. The Hall–Kier alpha value is -4.44. The van der Waals surface area contributed by atoms with Gasteiger partial charge in [-0.1, -0.05) is 85.2 Å². The molecule has 342 valence electrons. The Morgan fingerprint density at radius 3 is 2.21 bits per heavy atom. The van der Waals surface area contributed by atoms with Crippen LogP contribution in [0.3, 0.4) is 0 Å². The van der Waals surface area contributed by atoms with Crippen LogP contribution < -0.4 is 16.4 Å². The molecule has 1 aliphatic heterocycles. The number of ether oxygens (including phenoxy) is 2. The smallest absolute Gasteiger partial charge is 0.245 e. The van der Waals surface area contributed by atoms with Gasteiger partial charge in [-0.15, -0.1) is 11.3 Å². The summed E-state index contributed by atoms with van der Waals surface area (Å²) in [6, 6.07) is 11.2. The first-order valence-corrected chi connectivity index (χ1v) is 23.0. The normalized spacial score (nSPS) is 18.2. The zero-order valence-electron chi connectivity index (χ0n) is 38.7. The van der Waals surface area contributed by atoms with E-state index in [2.05, 4.69) is 34.4 Å². The Balaban J connectivity index is 1.48. The molecule has 62 heavy (non-hydrogen) atoms. The fraction of sp³-hybridized carbons (Fsp3) is 0.617. The van der Waals surface area contributed by atoms with Crippen LogP contribution in [0.1, 0.15) is 96.3 Å². The zero-order valence-corrected chi connectivity index (χ0v) is 39.6. The van der Waals surface area contributed by atoms with E-state index in [0.717, 1.165) is 29.0 Å². The number of methoxy groups -OCH3 is 2. The molecule has 1 aromatic carbocycles. The molecular formula is C47H72N8O6S. The van der Waals surface area contributed by atoms with Crippen LogP contribution in [0.4, 0.5) is 5.82 Å². The highest BCUT2D eigenvalue weighted by Crippen LogP contribution is 2.31. The number of aromatic nitrogens is 2. The number of nitrogen functional groups attached to an aromatic ring is 1. The summed E-state index contributed by atoms with van der Waals surface area (Å²) in [6.07, 6.45) is 4.99. The van der Waals surface area contributed by atoms with E-state index in [-0.39, 0.29) is 59.9 Å². The van der Waals surface area contributed by atoms with Crippen molar-refractivity contribution < 1.29 is 28.7 Å². The van der Waals surface area contributed by atoms with Gasteiger partial charge in [0.25, 0.3) is 0 Å². The lowest BCUT2D eigenvalue weighted by Gasteiger charge is -2.41. The molecule has 3 aromatic rings. The Morgan fingerprint density at radius 1 is 0.919 bits per heavy atom. The fourth-order valence-electron chi connectivity index (χ4n) is 9.03. The van der Waals surface area contributed by atoms with Crippen LogP contribution in [0.5, 0.6) is 0 Å². The van der Waals surface area contributed by atoms with E-state index in [1.165, 1.54) is 11.3 Å². The van der Waals surface area contributed by atoms with E-state index in [9.17, 15) is 19.2 Å². The number of anilines is 1. The van der Waals surface area contributed by atoms with Crippen LogP contribution in [0.15, 0.2) is 60.2 Å². The third-order valence-corrected chi connectivity index (χ3v) is 13.4. The van der Waals surface area contributed by atoms with Crippen molar-refractivity contribution >= 4 is 40.8 Å². The minimum absolute atomic E-state index is 0.0261. The van der Waals surface area contributed by atoms with Gasteiger partial charge in [0.15, 0.2) is 0 Å². The SMILES string of the molecule is CCC(C)C(C(CC(=O)N1CCCC1C(OC)C(C)C(=O)NC(Cc1ccccc1)c1nccs1)OC)N(C)C(=O)C(NC(=O)C(C(C)C)N(C)Cc1ccnc(N)c1)C(C)C. The number of hydrogen-bond acceptors (Lipinski definition) is 11. The second kappa shape index (κ2) is 23.9. The Kier molecular flexibility index (Phi) is 19.3. The minimum Gasteiger partial charge on any atom is -0.384 e. The second-order valence-electron chi connectivity index (χ2n) is 17.6. The fourth-order valence-corrected chi connectivity index (χ4v) is 9.72. The summed E-state index contributed by atoms with van der Waals surface area (Å²) in [7, 11) is 6.80. The predicted octanol–water partition coefficient (Wildman–Crippen LogP) is 5.74. The molecule has 15 heteroatoms. The standard InChI is InChI=1S/C47H72N8O6S/c1-12-31(6)42(54(9)47(59)40(29(2)3)52-45(58)41(30(4)5)53(8)28-34-20-21-49-38(48)26-34)37(60-10)27-39(56)55-23-16-19-36(55)43(61-11)32(7)44(57)51-35(46-50-22-24-62-46)25-33-17-14-13-15-18-33/h13-15,17-18,20-22,24,26,29-32,35-37,40-43H,12,16,19,23,25,27-28H2,1-11H3,(H2,48,49)(H,51,57)(H,52,58). The minimum atomic E-state index is -0.820. The van der Waals surface area contributed by atoms with Gasteiger partial charge in [0.2, 0.25) is 23.6 Å². The van der Waals surface area contributed by atoms with E-state index >= 15 is 0 Å². The molecule has 1 saturated heterocycles. The lowest BCUT2D eigenvalue weighted by Crippen LogP contribution is -2.60. The van der Waals surface area contributed by atoms with Gasteiger partial charge in [-0.25, -0.2) is 9.97 Å². The highest BCUT2D eigenvalue weighted by Gasteiger charge is 2.43. The lowest BCUT2D eigenvalue weighted by atomic mass is 9.89. The first-order chi connectivity index (χ1) is 29.5. The molecule has 0 bridgehead atoms. The van der Waals surface area contributed by atoms with Gasteiger partial charge in [0.05, 0.1) is 48.7 Å². The molecule has 1 fully saturated rings. The molecule has 0 spiro atoms. The van der Waals surface area contributed by atoms with Crippen LogP contribution in [0.25, 0.3) is 0 Å². The van der Waals surface area contributed by atoms with Crippen molar-refractivity contribution in [3.05, 3.63) is 76.4 Å². The average molecular weight is 877 g/mol. The molecule has 9 atom stereocenters. The number of nitrogens with two attached hydrogens (primary N) is 1. The summed E-state index contributed by atoms with van der Waals surface area (Å²) in [5, 5.41) is 9.08. The highest BCUT2D eigenvalue weighted by atomic mass is 32.1. The monoisotopic (exact) mass is 877 g/mol. The molecule has 3 heterocycles. The summed E-state index contributed by atoms with van der Waals surface area (Å²) in [5.41, 5.74) is 7.94. The number of nitrogens with one attached hydrogen (secondary N) is 2. The quantitative estimate of drug-likeness (QED) is 0.107. The number of likely N-dealkylation sites (N-methyl/N-ethyl adjacent to an activating group) is 2. The first kappa shape index (κ1) is 50.2. The van der Waals surface area contributed by atoms with Crippen LogP contribution >= 0.6 is 11.3 Å². The van der Waals surface area contributed by atoms with E-state index in [1.807, 2.05) is 93.2 Å². The number of nitrogens with zero attached hydrogens (tertiary/aromatic N) is 5. The van der Waals surface area contributed by atoms with Gasteiger partial charge in [-0.2, -0.15) is 0 Å². The largest absolute Gasteiger partial charge is 0.384 e. The molecule has 14 nitrogen and oxygen atoms in total. The molecule has 4 rings (SSSR count). The maximum atomic E-state index is 14.6. The van der Waals surface area contributed by atoms with E-state index in [1.54, 1.807) is 44.6 Å². The van der Waals surface area contributed by atoms with Gasteiger partial charge in [-0.3, -0.25) is 24.1 Å². The Morgan fingerprint density at radius 2 is 1.63 bits per heavy atom. The number of benzene rings is 1. The van der Waals surface area contributed by atoms with Gasteiger partial charge >= 0.3 is 0 Å². The predicted molar refractivity (Wildman–Crippen MR) is 245 cm³/mol. The maximum absolute atomic E-state index is 14.6. The average Bonchev–Trinajstić information content (AvgIpc) is 3.96. The third kappa shape index (κ3) is 13.1. The van der Waals surface area contributed by atoms with Crippen molar-refractivity contribution in [3.8, 4) is 0 Å². The molecule has 0 aliphatic carbocycles. The molecule has 1 aliphatic rings. The number of pyridine rings is 1. The van der Waals surface area contributed by atoms with E-state index < -0.39 is 36.3 Å². The van der Waals surface area contributed by atoms with Crippen LogP contribution in [0, 0.1) is 23.7 Å². The zero-order chi connectivity index (χ0) is 45.7. The van der Waals surface area contributed by atoms with E-state index in [4.69, 9.17) is 15.2 Å². The van der Waals surface area contributed by atoms with Crippen molar-refractivity contribution in [2.45, 2.75) is 130 Å². The van der Waals surface area contributed by atoms with Crippen LogP contribution in [-0.4, -0.2) is 120 Å². The molecule has 2 aromatic heterocycles. The molecular weight excluding hydrogens is 805 g/mol. The van der Waals surface area contributed by atoms with Crippen molar-refractivity contribution in [1.82, 2.24) is 35.3 Å². The van der Waals surface area contributed by atoms with Crippen molar-refractivity contribution in [2.75, 3.05) is 40.6 Å². The Bertz CT molecular complexity index is 1870. The summed E-state index contributed by atoms with van der Waals surface area (Å²) >= 11 is 1.50. The summed E-state index contributed by atoms with van der Waals surface area (Å²) < 4.78 is 12.2. The summed E-state index contributed by atoms with van der Waals surface area (Å²) in [5.74, 6) is -1.27. The van der Waals surface area contributed by atoms with Gasteiger partial charge in [0, 0.05) is 52.1 Å². The molecule has 0 saturated carbocycles. The molecule has 0 radical (unpaired) electrons. The number of likely N-dealkylation sites (tertiary alicyclic amines) is 1. The number of rotatable bonds is 23. The van der Waals surface area contributed by atoms with Gasteiger partial charge in [-0.05, 0) is 67.3 Å². The number of hydrogen-bond donors (Lipinski definition) is 3. The number of carbonyl (C=O) groups excluding carboxylic acids is 4. The van der Waals surface area contributed by atoms with Crippen LogP contribution in [-0.2, 0) is 41.6 Å². The topological polar surface area (TPSA) is 172 Å². The van der Waals surface area contributed by atoms with Gasteiger partial charge in [0.1, 0.15) is 16.9 Å². The molecule has 9 unspecified atom stereocenters. The first-order valence-electron chi connectivity index (χ1n) is 22.1. The lowest BCUT2D eigenvalue weighted by molar-refractivity contribution is -0.148. The summed E-state index contributed by atoms with van der Waals surface area (Å²) in [4.78, 5) is 71.1. The number of carbonyl (C=O) groups is 4. The number of thiazole rings is 1. The van der Waals surface area contributed by atoms with E-state index in [0.29, 0.717) is 31.7 Å². The van der Waals surface area contributed by atoms with Crippen molar-refractivity contribution in [2.24, 2.45) is 23.7 Å².